The topological polar surface area (TPSA) is 90.4 Å². The van der Waals surface area contributed by atoms with Crippen LogP contribution in [0.3, 0.4) is 0 Å². The van der Waals surface area contributed by atoms with Crippen LogP contribution >= 0.6 is 0 Å². The lowest BCUT2D eigenvalue weighted by Gasteiger charge is -2.13. The molecule has 6 nitrogen and oxygen atoms in total. The fraction of sp³-hybridized carbons (Fsp3) is 0.333. The second-order valence-corrected chi connectivity index (χ2v) is 7.48. The number of hydrogen-bond acceptors (Lipinski definition) is 4. The number of aliphatic carboxylic acids is 1. The highest BCUT2D eigenvalue weighted by atomic mass is 16.5. The Morgan fingerprint density at radius 1 is 1.07 bits per heavy atom. The molecule has 0 fully saturated rings. The zero-order valence-corrected chi connectivity index (χ0v) is 17.4. The monoisotopic (exact) mass is 407 g/mol. The standard InChI is InChI=1S/C24H29N3O3/c1-18-11-13-21(14-12-18)27-22(19-8-7-9-20(25)16-19)17-26-24(27)30-15-6-4-2-3-5-10-23(28)29/h7-9,11-14,16-17H,2-6,10,15,25H2,1H3,(H,28,29). The first-order valence-electron chi connectivity index (χ1n) is 10.4. The molecule has 0 aliphatic rings. The molecule has 3 rings (SSSR count). The Kier molecular flexibility index (Phi) is 7.49. The molecule has 1 heterocycles. The summed E-state index contributed by atoms with van der Waals surface area (Å²) in [6.07, 6.45) is 6.65. The number of benzene rings is 2. The first-order chi connectivity index (χ1) is 14.5. The summed E-state index contributed by atoms with van der Waals surface area (Å²) < 4.78 is 8.04. The van der Waals surface area contributed by atoms with Gasteiger partial charge in [-0.15, -0.1) is 0 Å². The molecule has 2 aromatic carbocycles. The number of carboxylic acid groups (broad SMARTS) is 1. The lowest BCUT2D eigenvalue weighted by molar-refractivity contribution is -0.137. The molecular formula is C24H29N3O3. The molecule has 0 saturated heterocycles. The summed E-state index contributed by atoms with van der Waals surface area (Å²) in [5.74, 6) is -0.725. The molecule has 0 unspecified atom stereocenters. The summed E-state index contributed by atoms with van der Waals surface area (Å²) in [6.45, 7) is 2.63. The maximum absolute atomic E-state index is 10.5. The van der Waals surface area contributed by atoms with Crippen LogP contribution in [0.5, 0.6) is 6.01 Å². The minimum absolute atomic E-state index is 0.247. The quantitative estimate of drug-likeness (QED) is 0.335. The van der Waals surface area contributed by atoms with Crippen molar-refractivity contribution in [3.05, 3.63) is 60.3 Å². The van der Waals surface area contributed by atoms with Gasteiger partial charge in [0, 0.05) is 17.7 Å². The second-order valence-electron chi connectivity index (χ2n) is 7.48. The van der Waals surface area contributed by atoms with Gasteiger partial charge in [0.15, 0.2) is 0 Å². The van der Waals surface area contributed by atoms with Gasteiger partial charge in [0.05, 0.1) is 24.2 Å². The maximum atomic E-state index is 10.5. The second kappa shape index (κ2) is 10.5. The Labute approximate surface area is 177 Å². The SMILES string of the molecule is Cc1ccc(-n2c(-c3cccc(N)c3)cnc2OCCCCCCCC(=O)O)cc1. The maximum Gasteiger partial charge on any atom is 0.303 e. The number of nitrogens with two attached hydrogens (primary N) is 1. The van der Waals surface area contributed by atoms with Gasteiger partial charge in [0.25, 0.3) is 0 Å². The van der Waals surface area contributed by atoms with Crippen molar-refractivity contribution in [2.75, 3.05) is 12.3 Å². The van der Waals surface area contributed by atoms with Gasteiger partial charge in [-0.1, -0.05) is 49.1 Å². The summed E-state index contributed by atoms with van der Waals surface area (Å²) in [5.41, 5.74) is 10.8. The Hall–Kier alpha value is -3.28. The van der Waals surface area contributed by atoms with Gasteiger partial charge >= 0.3 is 12.0 Å². The molecule has 158 valence electrons. The van der Waals surface area contributed by atoms with Crippen LogP contribution in [0, 0.1) is 6.92 Å². The summed E-state index contributed by atoms with van der Waals surface area (Å²) in [6, 6.07) is 16.6. The van der Waals surface area contributed by atoms with Crippen LogP contribution in [0.2, 0.25) is 0 Å². The van der Waals surface area contributed by atoms with Gasteiger partial charge in [0.2, 0.25) is 0 Å². The highest BCUT2D eigenvalue weighted by molar-refractivity contribution is 5.67. The van der Waals surface area contributed by atoms with Crippen molar-refractivity contribution in [1.82, 2.24) is 9.55 Å². The summed E-state index contributed by atoms with van der Waals surface area (Å²) >= 11 is 0. The van der Waals surface area contributed by atoms with E-state index in [1.54, 1.807) is 0 Å². The van der Waals surface area contributed by atoms with Crippen molar-refractivity contribution in [2.45, 2.75) is 45.4 Å². The van der Waals surface area contributed by atoms with E-state index >= 15 is 0 Å². The van der Waals surface area contributed by atoms with Crippen molar-refractivity contribution < 1.29 is 14.6 Å². The molecule has 0 saturated carbocycles. The summed E-state index contributed by atoms with van der Waals surface area (Å²) in [7, 11) is 0. The van der Waals surface area contributed by atoms with Crippen LogP contribution in [0.4, 0.5) is 5.69 Å². The predicted octanol–water partition coefficient (Wildman–Crippen LogP) is 5.23. The molecular weight excluding hydrogens is 378 g/mol. The Morgan fingerprint density at radius 3 is 2.53 bits per heavy atom. The van der Waals surface area contributed by atoms with E-state index in [0.717, 1.165) is 49.0 Å². The molecule has 0 atom stereocenters. The Morgan fingerprint density at radius 2 is 1.80 bits per heavy atom. The average Bonchev–Trinajstić information content (AvgIpc) is 3.14. The number of nitrogen functional groups attached to an aromatic ring is 1. The van der Waals surface area contributed by atoms with E-state index in [1.165, 1.54) is 5.56 Å². The van der Waals surface area contributed by atoms with Crippen molar-refractivity contribution in [3.8, 4) is 23.0 Å². The lowest BCUT2D eigenvalue weighted by atomic mass is 10.1. The van der Waals surface area contributed by atoms with Crippen LogP contribution in [-0.4, -0.2) is 27.2 Å². The number of aromatic nitrogens is 2. The van der Waals surface area contributed by atoms with Crippen molar-refractivity contribution in [3.63, 3.8) is 0 Å². The van der Waals surface area contributed by atoms with Crippen LogP contribution in [-0.2, 0) is 4.79 Å². The Balaban J connectivity index is 1.68. The minimum Gasteiger partial charge on any atom is -0.481 e. The van der Waals surface area contributed by atoms with E-state index in [1.807, 2.05) is 35.0 Å². The molecule has 3 N–H and O–H groups in total. The fourth-order valence-corrected chi connectivity index (χ4v) is 3.35. The first kappa shape index (κ1) is 21.4. The molecule has 1 aromatic heterocycles. The third kappa shape index (κ3) is 5.86. The zero-order chi connectivity index (χ0) is 21.3. The number of aryl methyl sites for hydroxylation is 1. The fourth-order valence-electron chi connectivity index (χ4n) is 3.35. The van der Waals surface area contributed by atoms with Gasteiger partial charge in [-0.05, 0) is 44.0 Å². The molecule has 3 aromatic rings. The smallest absolute Gasteiger partial charge is 0.303 e. The molecule has 0 aliphatic heterocycles. The van der Waals surface area contributed by atoms with E-state index < -0.39 is 5.97 Å². The van der Waals surface area contributed by atoms with Crippen LogP contribution < -0.4 is 10.5 Å². The minimum atomic E-state index is -0.725. The van der Waals surface area contributed by atoms with Crippen molar-refractivity contribution >= 4 is 11.7 Å². The van der Waals surface area contributed by atoms with E-state index in [0.29, 0.717) is 18.3 Å². The number of rotatable bonds is 11. The molecule has 30 heavy (non-hydrogen) atoms. The highest BCUT2D eigenvalue weighted by Crippen LogP contribution is 2.30. The number of hydrogen-bond donors (Lipinski definition) is 2. The van der Waals surface area contributed by atoms with E-state index in [4.69, 9.17) is 15.6 Å². The largest absolute Gasteiger partial charge is 0.481 e. The van der Waals surface area contributed by atoms with Gasteiger partial charge in [-0.3, -0.25) is 9.36 Å². The number of anilines is 1. The predicted molar refractivity (Wildman–Crippen MR) is 119 cm³/mol. The highest BCUT2D eigenvalue weighted by Gasteiger charge is 2.15. The average molecular weight is 408 g/mol. The number of carbonyl (C=O) groups is 1. The molecule has 0 amide bonds. The number of imidazole rings is 1. The Bertz CT molecular complexity index is 964. The molecule has 0 spiro atoms. The molecule has 0 radical (unpaired) electrons. The van der Waals surface area contributed by atoms with Gasteiger partial charge in [-0.25, -0.2) is 4.98 Å². The molecule has 6 heteroatoms. The number of ether oxygens (including phenoxy) is 1. The normalized spacial score (nSPS) is 10.8. The molecule has 0 aliphatic carbocycles. The lowest BCUT2D eigenvalue weighted by Crippen LogP contribution is -2.05. The van der Waals surface area contributed by atoms with Gasteiger partial charge < -0.3 is 15.6 Å². The van der Waals surface area contributed by atoms with E-state index in [9.17, 15) is 4.79 Å². The van der Waals surface area contributed by atoms with E-state index in [-0.39, 0.29) is 6.42 Å². The van der Waals surface area contributed by atoms with Gasteiger partial charge in [-0.2, -0.15) is 0 Å². The van der Waals surface area contributed by atoms with Crippen molar-refractivity contribution in [2.24, 2.45) is 0 Å². The van der Waals surface area contributed by atoms with Gasteiger partial charge in [0.1, 0.15) is 0 Å². The third-order valence-corrected chi connectivity index (χ3v) is 4.97. The first-order valence-corrected chi connectivity index (χ1v) is 10.4. The molecule has 0 bridgehead atoms. The van der Waals surface area contributed by atoms with Crippen LogP contribution in [0.1, 0.15) is 44.1 Å². The van der Waals surface area contributed by atoms with Crippen LogP contribution in [0.25, 0.3) is 16.9 Å². The third-order valence-electron chi connectivity index (χ3n) is 4.97. The van der Waals surface area contributed by atoms with Crippen LogP contribution in [0.15, 0.2) is 54.7 Å². The summed E-state index contributed by atoms with van der Waals surface area (Å²) in [4.78, 5) is 15.1. The number of unbranched alkanes of at least 4 members (excludes halogenated alkanes) is 4. The number of carboxylic acids is 1. The zero-order valence-electron chi connectivity index (χ0n) is 17.4. The summed E-state index contributed by atoms with van der Waals surface area (Å²) in [5, 5.41) is 8.68. The van der Waals surface area contributed by atoms with E-state index in [2.05, 4.69) is 36.2 Å². The number of nitrogens with zero attached hydrogens (tertiary/aromatic N) is 2. The van der Waals surface area contributed by atoms with Crippen molar-refractivity contribution in [1.29, 1.82) is 0 Å².